The average molecular weight is 168 g/mol. The van der Waals surface area contributed by atoms with Crippen LogP contribution in [0.2, 0.25) is 0 Å². The highest BCUT2D eigenvalue weighted by molar-refractivity contribution is 4.86. The summed E-state index contributed by atoms with van der Waals surface area (Å²) in [4.78, 5) is 2.47. The minimum Gasteiger partial charge on any atom is -0.325 e. The number of likely N-dealkylation sites (tertiary alicyclic amines) is 1. The Bertz CT molecular complexity index is 142. The van der Waals surface area contributed by atoms with Crippen molar-refractivity contribution in [3.63, 3.8) is 0 Å². The molecule has 2 N–H and O–H groups in total. The zero-order chi connectivity index (χ0) is 9.03. The van der Waals surface area contributed by atoms with Gasteiger partial charge in [-0.15, -0.1) is 6.58 Å². The molecule has 1 saturated heterocycles. The van der Waals surface area contributed by atoms with Crippen LogP contribution in [-0.2, 0) is 0 Å². The first-order valence-electron chi connectivity index (χ1n) is 4.76. The lowest BCUT2D eigenvalue weighted by atomic mass is 9.91. The van der Waals surface area contributed by atoms with Crippen molar-refractivity contribution in [1.29, 1.82) is 0 Å². The smallest absolute Gasteiger partial charge is 0.0150 e. The van der Waals surface area contributed by atoms with Gasteiger partial charge in [-0.05, 0) is 39.3 Å². The molecule has 0 aliphatic carbocycles. The van der Waals surface area contributed by atoms with E-state index in [1.54, 1.807) is 0 Å². The number of hydrogen-bond donors (Lipinski definition) is 1. The lowest BCUT2D eigenvalue weighted by Crippen LogP contribution is -2.48. The van der Waals surface area contributed by atoms with E-state index in [0.29, 0.717) is 0 Å². The van der Waals surface area contributed by atoms with Crippen LogP contribution in [0.4, 0.5) is 0 Å². The van der Waals surface area contributed by atoms with E-state index >= 15 is 0 Å². The number of hydrogen-bond acceptors (Lipinski definition) is 2. The standard InChI is InChI=1S/C10H20N2/c1-3-4-7-12-8-5-10(2,11)6-9-12/h3H,1,4-9,11H2,2H3. The van der Waals surface area contributed by atoms with Crippen LogP contribution in [-0.4, -0.2) is 30.1 Å². The molecule has 0 atom stereocenters. The summed E-state index contributed by atoms with van der Waals surface area (Å²) in [6.07, 6.45) is 5.34. The fourth-order valence-corrected chi connectivity index (χ4v) is 1.56. The highest BCUT2D eigenvalue weighted by atomic mass is 15.1. The molecule has 0 radical (unpaired) electrons. The van der Waals surface area contributed by atoms with Crippen molar-refractivity contribution in [2.45, 2.75) is 31.7 Å². The topological polar surface area (TPSA) is 29.3 Å². The van der Waals surface area contributed by atoms with Gasteiger partial charge in [0.1, 0.15) is 0 Å². The average Bonchev–Trinajstić information content (AvgIpc) is 2.03. The van der Waals surface area contributed by atoms with Gasteiger partial charge in [-0.1, -0.05) is 6.08 Å². The van der Waals surface area contributed by atoms with E-state index in [-0.39, 0.29) is 5.54 Å². The summed E-state index contributed by atoms with van der Waals surface area (Å²) in [5.41, 5.74) is 6.11. The Morgan fingerprint density at radius 3 is 2.58 bits per heavy atom. The molecule has 1 aliphatic heterocycles. The highest BCUT2D eigenvalue weighted by Gasteiger charge is 2.24. The predicted octanol–water partition coefficient (Wildman–Crippen LogP) is 1.38. The summed E-state index contributed by atoms with van der Waals surface area (Å²) in [5, 5.41) is 0. The number of piperidine rings is 1. The number of nitrogens with two attached hydrogens (primary N) is 1. The van der Waals surface area contributed by atoms with Crippen LogP contribution in [0.15, 0.2) is 12.7 Å². The van der Waals surface area contributed by atoms with Crippen molar-refractivity contribution in [3.05, 3.63) is 12.7 Å². The fourth-order valence-electron chi connectivity index (χ4n) is 1.56. The molecule has 0 bridgehead atoms. The van der Waals surface area contributed by atoms with Gasteiger partial charge in [0, 0.05) is 12.1 Å². The van der Waals surface area contributed by atoms with Crippen LogP contribution >= 0.6 is 0 Å². The van der Waals surface area contributed by atoms with Crippen LogP contribution in [0.5, 0.6) is 0 Å². The Hall–Kier alpha value is -0.340. The minimum absolute atomic E-state index is 0.0880. The Morgan fingerprint density at radius 2 is 2.08 bits per heavy atom. The Labute approximate surface area is 75.4 Å². The van der Waals surface area contributed by atoms with E-state index in [0.717, 1.165) is 38.9 Å². The van der Waals surface area contributed by atoms with E-state index in [2.05, 4.69) is 18.4 Å². The van der Waals surface area contributed by atoms with Crippen molar-refractivity contribution < 1.29 is 0 Å². The van der Waals surface area contributed by atoms with Gasteiger partial charge in [-0.3, -0.25) is 0 Å². The third-order valence-electron chi connectivity index (χ3n) is 2.65. The maximum Gasteiger partial charge on any atom is 0.0150 e. The second-order valence-electron chi connectivity index (χ2n) is 4.07. The SMILES string of the molecule is C=CCCN1CCC(C)(N)CC1. The number of nitrogens with zero attached hydrogens (tertiary/aromatic N) is 1. The van der Waals surface area contributed by atoms with E-state index in [9.17, 15) is 0 Å². The summed E-state index contributed by atoms with van der Waals surface area (Å²) < 4.78 is 0. The summed E-state index contributed by atoms with van der Waals surface area (Å²) in [6.45, 7) is 9.33. The summed E-state index contributed by atoms with van der Waals surface area (Å²) in [5.74, 6) is 0. The van der Waals surface area contributed by atoms with Gasteiger partial charge >= 0.3 is 0 Å². The lowest BCUT2D eigenvalue weighted by Gasteiger charge is -2.36. The van der Waals surface area contributed by atoms with E-state index in [1.807, 2.05) is 6.08 Å². The summed E-state index contributed by atoms with van der Waals surface area (Å²) in [6, 6.07) is 0. The van der Waals surface area contributed by atoms with Gasteiger partial charge in [0.2, 0.25) is 0 Å². The highest BCUT2D eigenvalue weighted by Crippen LogP contribution is 2.18. The normalized spacial score (nSPS) is 23.8. The van der Waals surface area contributed by atoms with Crippen LogP contribution < -0.4 is 5.73 Å². The summed E-state index contributed by atoms with van der Waals surface area (Å²) in [7, 11) is 0. The van der Waals surface area contributed by atoms with Gasteiger partial charge in [0.25, 0.3) is 0 Å². The van der Waals surface area contributed by atoms with Gasteiger partial charge in [0.05, 0.1) is 0 Å². The zero-order valence-corrected chi connectivity index (χ0v) is 8.05. The number of rotatable bonds is 3. The van der Waals surface area contributed by atoms with Crippen LogP contribution in [0.3, 0.4) is 0 Å². The summed E-state index contributed by atoms with van der Waals surface area (Å²) >= 11 is 0. The Morgan fingerprint density at radius 1 is 1.50 bits per heavy atom. The van der Waals surface area contributed by atoms with Crippen molar-refractivity contribution in [2.75, 3.05) is 19.6 Å². The molecule has 0 aromatic heterocycles. The van der Waals surface area contributed by atoms with Crippen LogP contribution in [0.25, 0.3) is 0 Å². The predicted molar refractivity (Wildman–Crippen MR) is 53.1 cm³/mol. The molecule has 2 nitrogen and oxygen atoms in total. The maximum absolute atomic E-state index is 6.02. The third kappa shape index (κ3) is 2.95. The van der Waals surface area contributed by atoms with Crippen LogP contribution in [0, 0.1) is 0 Å². The molecule has 70 valence electrons. The largest absolute Gasteiger partial charge is 0.325 e. The Balaban J connectivity index is 2.22. The van der Waals surface area contributed by atoms with Gasteiger partial charge in [0.15, 0.2) is 0 Å². The molecule has 0 saturated carbocycles. The molecule has 1 aliphatic rings. The van der Waals surface area contributed by atoms with Crippen molar-refractivity contribution in [3.8, 4) is 0 Å². The lowest BCUT2D eigenvalue weighted by molar-refractivity contribution is 0.174. The minimum atomic E-state index is 0.0880. The molecule has 0 amide bonds. The maximum atomic E-state index is 6.02. The van der Waals surface area contributed by atoms with E-state index in [1.165, 1.54) is 0 Å². The van der Waals surface area contributed by atoms with E-state index < -0.39 is 0 Å². The quantitative estimate of drug-likeness (QED) is 0.645. The first-order valence-corrected chi connectivity index (χ1v) is 4.76. The molecule has 0 aromatic rings. The first kappa shape index (κ1) is 9.75. The second kappa shape index (κ2) is 4.06. The molecule has 0 unspecified atom stereocenters. The molecule has 0 aromatic carbocycles. The Kier molecular flexibility index (Phi) is 3.29. The molecular formula is C10H20N2. The fraction of sp³-hybridized carbons (Fsp3) is 0.800. The first-order chi connectivity index (χ1) is 5.64. The van der Waals surface area contributed by atoms with Crippen molar-refractivity contribution in [1.82, 2.24) is 4.90 Å². The zero-order valence-electron chi connectivity index (χ0n) is 8.05. The van der Waals surface area contributed by atoms with Gasteiger partial charge in [-0.2, -0.15) is 0 Å². The monoisotopic (exact) mass is 168 g/mol. The second-order valence-corrected chi connectivity index (χ2v) is 4.07. The van der Waals surface area contributed by atoms with Crippen LogP contribution in [0.1, 0.15) is 26.2 Å². The van der Waals surface area contributed by atoms with Gasteiger partial charge < -0.3 is 10.6 Å². The van der Waals surface area contributed by atoms with E-state index in [4.69, 9.17) is 5.73 Å². The van der Waals surface area contributed by atoms with Gasteiger partial charge in [-0.25, -0.2) is 0 Å². The molecular weight excluding hydrogens is 148 g/mol. The molecule has 1 rings (SSSR count). The van der Waals surface area contributed by atoms with Crippen molar-refractivity contribution in [2.24, 2.45) is 5.73 Å². The molecule has 0 spiro atoms. The molecule has 2 heteroatoms. The third-order valence-corrected chi connectivity index (χ3v) is 2.65. The van der Waals surface area contributed by atoms with Crippen molar-refractivity contribution >= 4 is 0 Å². The molecule has 1 fully saturated rings. The molecule has 12 heavy (non-hydrogen) atoms. The molecule has 1 heterocycles.